The van der Waals surface area contributed by atoms with Crippen LogP contribution in [-0.2, 0) is 4.74 Å². The van der Waals surface area contributed by atoms with Crippen LogP contribution in [0.2, 0.25) is 0 Å². The first kappa shape index (κ1) is 14.4. The molecule has 17 heavy (non-hydrogen) atoms. The lowest BCUT2D eigenvalue weighted by Gasteiger charge is -2.08. The second-order valence-corrected chi connectivity index (χ2v) is 5.42. The van der Waals surface area contributed by atoms with Crippen LogP contribution in [-0.4, -0.2) is 30.8 Å². The Labute approximate surface area is 109 Å². The molecule has 0 fully saturated rings. The van der Waals surface area contributed by atoms with Crippen LogP contribution >= 0.6 is 11.8 Å². The van der Waals surface area contributed by atoms with E-state index in [1.54, 1.807) is 0 Å². The first-order valence-corrected chi connectivity index (χ1v) is 7.23. The molecule has 2 nitrogen and oxygen atoms in total. The standard InChI is InChI=1S/C14H22O2S/c1-12(2)15-7-9-17-10-8-16-14-6-4-5-13(3)11-14/h4-6,11-12H,7-10H2,1-3H3. The van der Waals surface area contributed by atoms with Gasteiger partial charge in [0.15, 0.2) is 0 Å². The fourth-order valence-corrected chi connectivity index (χ4v) is 1.99. The van der Waals surface area contributed by atoms with Crippen molar-refractivity contribution in [2.45, 2.75) is 26.9 Å². The van der Waals surface area contributed by atoms with E-state index in [1.165, 1.54) is 5.56 Å². The number of benzene rings is 1. The van der Waals surface area contributed by atoms with Crippen molar-refractivity contribution in [2.75, 3.05) is 24.7 Å². The summed E-state index contributed by atoms with van der Waals surface area (Å²) in [7, 11) is 0. The van der Waals surface area contributed by atoms with E-state index >= 15 is 0 Å². The topological polar surface area (TPSA) is 18.5 Å². The van der Waals surface area contributed by atoms with Gasteiger partial charge in [-0.1, -0.05) is 12.1 Å². The van der Waals surface area contributed by atoms with Gasteiger partial charge in [-0.3, -0.25) is 0 Å². The van der Waals surface area contributed by atoms with Gasteiger partial charge in [0.05, 0.1) is 19.3 Å². The molecular formula is C14H22O2S. The molecule has 0 saturated heterocycles. The lowest BCUT2D eigenvalue weighted by Crippen LogP contribution is -2.07. The van der Waals surface area contributed by atoms with Gasteiger partial charge in [0.2, 0.25) is 0 Å². The summed E-state index contributed by atoms with van der Waals surface area (Å²) < 4.78 is 11.1. The highest BCUT2D eigenvalue weighted by molar-refractivity contribution is 7.99. The van der Waals surface area contributed by atoms with Crippen molar-refractivity contribution < 1.29 is 9.47 Å². The van der Waals surface area contributed by atoms with Crippen molar-refractivity contribution in [2.24, 2.45) is 0 Å². The van der Waals surface area contributed by atoms with Crippen LogP contribution in [0, 0.1) is 6.92 Å². The molecule has 0 spiro atoms. The Bertz CT molecular complexity index is 313. The van der Waals surface area contributed by atoms with E-state index in [0.29, 0.717) is 6.10 Å². The van der Waals surface area contributed by atoms with Gasteiger partial charge >= 0.3 is 0 Å². The lowest BCUT2D eigenvalue weighted by molar-refractivity contribution is 0.0920. The normalized spacial score (nSPS) is 10.8. The quantitative estimate of drug-likeness (QED) is 0.661. The molecule has 0 aliphatic rings. The SMILES string of the molecule is Cc1cccc(OCCSCCOC(C)C)c1. The third-order valence-electron chi connectivity index (χ3n) is 2.16. The van der Waals surface area contributed by atoms with Gasteiger partial charge in [0.1, 0.15) is 5.75 Å². The molecule has 0 saturated carbocycles. The minimum Gasteiger partial charge on any atom is -0.493 e. The maximum Gasteiger partial charge on any atom is 0.119 e. The molecular weight excluding hydrogens is 232 g/mol. The Kier molecular flexibility index (Phi) is 7.13. The summed E-state index contributed by atoms with van der Waals surface area (Å²) in [4.78, 5) is 0. The molecule has 0 atom stereocenters. The molecule has 0 bridgehead atoms. The van der Waals surface area contributed by atoms with E-state index in [9.17, 15) is 0 Å². The molecule has 0 amide bonds. The van der Waals surface area contributed by atoms with Gasteiger partial charge < -0.3 is 9.47 Å². The van der Waals surface area contributed by atoms with Gasteiger partial charge in [0.25, 0.3) is 0 Å². The fraction of sp³-hybridized carbons (Fsp3) is 0.571. The van der Waals surface area contributed by atoms with Gasteiger partial charge in [-0.15, -0.1) is 0 Å². The Hall–Kier alpha value is -0.670. The highest BCUT2D eigenvalue weighted by Crippen LogP contribution is 2.12. The Morgan fingerprint density at radius 2 is 1.94 bits per heavy atom. The largest absolute Gasteiger partial charge is 0.493 e. The van der Waals surface area contributed by atoms with Crippen LogP contribution in [0.3, 0.4) is 0 Å². The smallest absolute Gasteiger partial charge is 0.119 e. The van der Waals surface area contributed by atoms with Crippen molar-refractivity contribution in [3.05, 3.63) is 29.8 Å². The predicted molar refractivity (Wildman–Crippen MR) is 75.1 cm³/mol. The molecule has 0 heterocycles. The fourth-order valence-electron chi connectivity index (χ4n) is 1.37. The maximum absolute atomic E-state index is 5.65. The third kappa shape index (κ3) is 7.29. The van der Waals surface area contributed by atoms with Gasteiger partial charge in [-0.2, -0.15) is 11.8 Å². The van der Waals surface area contributed by atoms with E-state index in [1.807, 2.05) is 23.9 Å². The summed E-state index contributed by atoms with van der Waals surface area (Å²) in [5.41, 5.74) is 1.24. The number of hydrogen-bond donors (Lipinski definition) is 0. The zero-order valence-corrected chi connectivity index (χ0v) is 11.8. The second kappa shape index (κ2) is 8.43. The average Bonchev–Trinajstić information content (AvgIpc) is 2.27. The van der Waals surface area contributed by atoms with Crippen LogP contribution < -0.4 is 4.74 Å². The summed E-state index contributed by atoms with van der Waals surface area (Å²) in [5.74, 6) is 3.01. The molecule has 0 aromatic heterocycles. The molecule has 0 aliphatic heterocycles. The molecule has 0 radical (unpaired) electrons. The summed E-state index contributed by atoms with van der Waals surface area (Å²) in [6.45, 7) is 7.78. The van der Waals surface area contributed by atoms with Gasteiger partial charge in [0, 0.05) is 11.5 Å². The first-order valence-electron chi connectivity index (χ1n) is 6.07. The molecule has 1 aromatic carbocycles. The highest BCUT2D eigenvalue weighted by Gasteiger charge is 1.96. The number of thioether (sulfide) groups is 1. The monoisotopic (exact) mass is 254 g/mol. The van der Waals surface area contributed by atoms with E-state index < -0.39 is 0 Å². The van der Waals surface area contributed by atoms with E-state index in [-0.39, 0.29) is 0 Å². The first-order chi connectivity index (χ1) is 8.18. The molecule has 0 N–H and O–H groups in total. The van der Waals surface area contributed by atoms with Crippen molar-refractivity contribution >= 4 is 11.8 Å². The highest BCUT2D eigenvalue weighted by atomic mass is 32.2. The van der Waals surface area contributed by atoms with Gasteiger partial charge in [-0.25, -0.2) is 0 Å². The molecule has 1 aromatic rings. The van der Waals surface area contributed by atoms with Crippen LogP contribution in [0.25, 0.3) is 0 Å². The van der Waals surface area contributed by atoms with Gasteiger partial charge in [-0.05, 0) is 38.5 Å². The molecule has 0 unspecified atom stereocenters. The number of rotatable bonds is 8. The zero-order chi connectivity index (χ0) is 12.5. The van der Waals surface area contributed by atoms with Crippen molar-refractivity contribution in [3.63, 3.8) is 0 Å². The zero-order valence-electron chi connectivity index (χ0n) is 10.9. The Morgan fingerprint density at radius 1 is 1.18 bits per heavy atom. The summed E-state index contributed by atoms with van der Waals surface area (Å²) >= 11 is 1.87. The molecule has 96 valence electrons. The second-order valence-electron chi connectivity index (χ2n) is 4.20. The van der Waals surface area contributed by atoms with Crippen LogP contribution in [0.1, 0.15) is 19.4 Å². The van der Waals surface area contributed by atoms with Crippen LogP contribution in [0.5, 0.6) is 5.75 Å². The Balaban J connectivity index is 2.01. The van der Waals surface area contributed by atoms with Crippen LogP contribution in [0.15, 0.2) is 24.3 Å². The maximum atomic E-state index is 5.65. The number of hydrogen-bond acceptors (Lipinski definition) is 3. The summed E-state index contributed by atoms with van der Waals surface area (Å²) in [5, 5.41) is 0. The Morgan fingerprint density at radius 3 is 2.65 bits per heavy atom. The molecule has 1 rings (SSSR count). The summed E-state index contributed by atoms with van der Waals surface area (Å²) in [6, 6.07) is 8.16. The predicted octanol–water partition coefficient (Wildman–Crippen LogP) is 3.53. The molecule has 0 aliphatic carbocycles. The van der Waals surface area contributed by atoms with E-state index in [0.717, 1.165) is 30.5 Å². The number of aryl methyl sites for hydroxylation is 1. The number of ether oxygens (including phenoxy) is 2. The minimum absolute atomic E-state index is 0.333. The van der Waals surface area contributed by atoms with Crippen molar-refractivity contribution in [3.8, 4) is 5.75 Å². The van der Waals surface area contributed by atoms with E-state index in [2.05, 4.69) is 32.9 Å². The van der Waals surface area contributed by atoms with Crippen LogP contribution in [0.4, 0.5) is 0 Å². The van der Waals surface area contributed by atoms with Crippen molar-refractivity contribution in [1.29, 1.82) is 0 Å². The lowest BCUT2D eigenvalue weighted by atomic mass is 10.2. The van der Waals surface area contributed by atoms with Crippen molar-refractivity contribution in [1.82, 2.24) is 0 Å². The van der Waals surface area contributed by atoms with E-state index in [4.69, 9.17) is 9.47 Å². The third-order valence-corrected chi connectivity index (χ3v) is 3.08. The minimum atomic E-state index is 0.333. The summed E-state index contributed by atoms with van der Waals surface area (Å²) in [6.07, 6.45) is 0.333. The average molecular weight is 254 g/mol. The molecule has 3 heteroatoms.